The van der Waals surface area contributed by atoms with Crippen LogP contribution in [0.5, 0.6) is 11.5 Å². The van der Waals surface area contributed by atoms with Crippen molar-refractivity contribution >= 4 is 56.0 Å². The van der Waals surface area contributed by atoms with Gasteiger partial charge in [0.25, 0.3) is 5.91 Å². The summed E-state index contributed by atoms with van der Waals surface area (Å²) in [6.45, 7) is 0.804. The highest BCUT2D eigenvalue weighted by Gasteiger charge is 2.11. The first kappa shape index (κ1) is 28.0. The van der Waals surface area contributed by atoms with Gasteiger partial charge in [-0.1, -0.05) is 72.3 Å². The molecule has 0 heterocycles. The summed E-state index contributed by atoms with van der Waals surface area (Å²) in [5.41, 5.74) is 3.29. The van der Waals surface area contributed by atoms with Gasteiger partial charge in [0.1, 0.15) is 36.4 Å². The largest absolute Gasteiger partial charge is 0.489 e. The van der Waals surface area contributed by atoms with E-state index in [4.69, 9.17) is 21.1 Å². The van der Waals surface area contributed by atoms with Gasteiger partial charge in [0.15, 0.2) is 0 Å². The number of nitriles is 1. The van der Waals surface area contributed by atoms with Crippen molar-refractivity contribution in [3.8, 4) is 17.6 Å². The van der Waals surface area contributed by atoms with E-state index in [1.165, 1.54) is 6.08 Å². The van der Waals surface area contributed by atoms with Gasteiger partial charge in [-0.2, -0.15) is 5.26 Å². The average molecular weight is 624 g/mol. The van der Waals surface area contributed by atoms with Crippen molar-refractivity contribution in [2.75, 3.05) is 5.32 Å². The minimum Gasteiger partial charge on any atom is -0.489 e. The number of ether oxygens (including phenoxy) is 2. The molecule has 5 aromatic rings. The van der Waals surface area contributed by atoms with Crippen LogP contribution < -0.4 is 14.8 Å². The molecule has 0 aliphatic rings. The minimum absolute atomic E-state index is 0.0237. The van der Waals surface area contributed by atoms with Crippen molar-refractivity contribution in [3.05, 3.63) is 141 Å². The van der Waals surface area contributed by atoms with Crippen LogP contribution >= 0.6 is 27.5 Å². The molecule has 202 valence electrons. The lowest BCUT2D eigenvalue weighted by molar-refractivity contribution is -0.112. The van der Waals surface area contributed by atoms with Crippen molar-refractivity contribution in [1.82, 2.24) is 0 Å². The van der Waals surface area contributed by atoms with Gasteiger partial charge in [-0.25, -0.2) is 0 Å². The van der Waals surface area contributed by atoms with Crippen LogP contribution in [-0.2, 0) is 18.0 Å². The Balaban J connectivity index is 1.20. The maximum Gasteiger partial charge on any atom is 0.266 e. The zero-order valence-electron chi connectivity index (χ0n) is 21.8. The average Bonchev–Trinajstić information content (AvgIpc) is 3.00. The number of amides is 1. The number of carbonyl (C=O) groups is 1. The van der Waals surface area contributed by atoms with E-state index < -0.39 is 5.91 Å². The number of halogens is 2. The maximum atomic E-state index is 12.8. The van der Waals surface area contributed by atoms with Crippen LogP contribution in [0.2, 0.25) is 5.02 Å². The standard InChI is InChI=1S/C34H24BrClN2O3/c35-32-19-24(10-17-33(32)41-22-26-6-3-5-25-4-1-2-7-31(25)26)18-27(20-37)34(39)38-29-13-15-30(16-14-29)40-21-23-8-11-28(36)12-9-23/h1-19H,21-22H2,(H,38,39)/b27-18+. The van der Waals surface area contributed by atoms with E-state index in [9.17, 15) is 10.1 Å². The van der Waals surface area contributed by atoms with Crippen molar-refractivity contribution in [2.45, 2.75) is 13.2 Å². The second-order valence-corrected chi connectivity index (χ2v) is 10.5. The number of carbonyl (C=O) groups excluding carboxylic acids is 1. The Bertz CT molecular complexity index is 1760. The Morgan fingerprint density at radius 1 is 0.878 bits per heavy atom. The highest BCUT2D eigenvalue weighted by Crippen LogP contribution is 2.29. The quantitative estimate of drug-likeness (QED) is 0.131. The van der Waals surface area contributed by atoms with E-state index in [0.717, 1.165) is 26.4 Å². The molecule has 0 saturated carbocycles. The minimum atomic E-state index is -0.505. The molecule has 0 atom stereocenters. The Kier molecular flexibility index (Phi) is 9.00. The number of nitrogens with zero attached hydrogens (tertiary/aromatic N) is 1. The van der Waals surface area contributed by atoms with E-state index in [1.807, 2.05) is 66.7 Å². The van der Waals surface area contributed by atoms with Crippen LogP contribution in [0.25, 0.3) is 16.8 Å². The molecule has 1 N–H and O–H groups in total. The third kappa shape index (κ3) is 7.34. The zero-order valence-corrected chi connectivity index (χ0v) is 24.2. The van der Waals surface area contributed by atoms with Gasteiger partial charge in [-0.05, 0) is 98.0 Å². The van der Waals surface area contributed by atoms with Crippen LogP contribution in [0.3, 0.4) is 0 Å². The van der Waals surface area contributed by atoms with Gasteiger partial charge >= 0.3 is 0 Å². The molecule has 5 aromatic carbocycles. The first-order valence-corrected chi connectivity index (χ1v) is 13.9. The third-order valence-corrected chi connectivity index (χ3v) is 7.20. The molecule has 7 heteroatoms. The topological polar surface area (TPSA) is 71.3 Å². The SMILES string of the molecule is N#C/C(=C\c1ccc(OCc2cccc3ccccc23)c(Br)c1)C(=O)Nc1ccc(OCc2ccc(Cl)cc2)cc1. The summed E-state index contributed by atoms with van der Waals surface area (Å²) >= 11 is 9.47. The molecule has 0 fully saturated rings. The second kappa shape index (κ2) is 13.2. The number of rotatable bonds is 9. The molecule has 5 nitrogen and oxygen atoms in total. The number of hydrogen-bond acceptors (Lipinski definition) is 4. The van der Waals surface area contributed by atoms with Crippen LogP contribution in [-0.4, -0.2) is 5.91 Å². The Morgan fingerprint density at radius 2 is 1.63 bits per heavy atom. The number of hydrogen-bond donors (Lipinski definition) is 1. The Hall–Kier alpha value is -4.57. The Morgan fingerprint density at radius 3 is 2.39 bits per heavy atom. The van der Waals surface area contributed by atoms with Crippen molar-refractivity contribution in [3.63, 3.8) is 0 Å². The fourth-order valence-electron chi connectivity index (χ4n) is 4.19. The summed E-state index contributed by atoms with van der Waals surface area (Å²) in [4.78, 5) is 12.8. The van der Waals surface area contributed by atoms with Gasteiger partial charge in [-0.3, -0.25) is 4.79 Å². The summed E-state index contributed by atoms with van der Waals surface area (Å²) in [6, 6.07) is 36.2. The van der Waals surface area contributed by atoms with Crippen LogP contribution in [0, 0.1) is 11.3 Å². The lowest BCUT2D eigenvalue weighted by Crippen LogP contribution is -2.13. The van der Waals surface area contributed by atoms with Crippen molar-refractivity contribution in [2.24, 2.45) is 0 Å². The van der Waals surface area contributed by atoms with Crippen LogP contribution in [0.4, 0.5) is 5.69 Å². The molecular formula is C34H24BrClN2O3. The highest BCUT2D eigenvalue weighted by atomic mass is 79.9. The van der Waals surface area contributed by atoms with E-state index in [-0.39, 0.29) is 5.57 Å². The van der Waals surface area contributed by atoms with Gasteiger partial charge < -0.3 is 14.8 Å². The molecule has 41 heavy (non-hydrogen) atoms. The molecule has 0 aliphatic heterocycles. The molecule has 0 aromatic heterocycles. The molecule has 1 amide bonds. The summed E-state index contributed by atoms with van der Waals surface area (Å²) in [6.07, 6.45) is 1.54. The molecule has 0 unspecified atom stereocenters. The number of anilines is 1. The first-order chi connectivity index (χ1) is 20.0. The maximum absolute atomic E-state index is 12.8. The molecule has 0 saturated heterocycles. The van der Waals surface area contributed by atoms with Gasteiger partial charge in [0.2, 0.25) is 0 Å². The van der Waals surface area contributed by atoms with E-state index in [0.29, 0.717) is 41.0 Å². The van der Waals surface area contributed by atoms with Gasteiger partial charge in [0.05, 0.1) is 4.47 Å². The lowest BCUT2D eigenvalue weighted by atomic mass is 10.1. The number of benzene rings is 5. The predicted octanol–water partition coefficient (Wildman–Crippen LogP) is 8.96. The monoisotopic (exact) mass is 622 g/mol. The van der Waals surface area contributed by atoms with Crippen LogP contribution in [0.1, 0.15) is 16.7 Å². The summed E-state index contributed by atoms with van der Waals surface area (Å²) in [5, 5.41) is 15.4. The Labute approximate surface area is 251 Å². The normalized spacial score (nSPS) is 11.1. The number of nitrogens with one attached hydrogen (secondary N) is 1. The summed E-state index contributed by atoms with van der Waals surface area (Å²) < 4.78 is 12.6. The third-order valence-electron chi connectivity index (χ3n) is 6.33. The lowest BCUT2D eigenvalue weighted by Gasteiger charge is -2.11. The fourth-order valence-corrected chi connectivity index (χ4v) is 4.83. The van der Waals surface area contributed by atoms with Gasteiger partial charge in [0, 0.05) is 10.7 Å². The summed E-state index contributed by atoms with van der Waals surface area (Å²) in [7, 11) is 0. The van der Waals surface area contributed by atoms with Crippen molar-refractivity contribution < 1.29 is 14.3 Å². The molecule has 0 spiro atoms. The van der Waals surface area contributed by atoms with Crippen LogP contribution in [0.15, 0.2) is 119 Å². The van der Waals surface area contributed by atoms with Gasteiger partial charge in [-0.15, -0.1) is 0 Å². The number of fused-ring (bicyclic) bond motifs is 1. The second-order valence-electron chi connectivity index (χ2n) is 9.18. The highest BCUT2D eigenvalue weighted by molar-refractivity contribution is 9.10. The molecule has 0 aliphatic carbocycles. The van der Waals surface area contributed by atoms with Crippen molar-refractivity contribution in [1.29, 1.82) is 5.26 Å². The fraction of sp³-hybridized carbons (Fsp3) is 0.0588. The first-order valence-electron chi connectivity index (χ1n) is 12.8. The molecular weight excluding hydrogens is 600 g/mol. The molecule has 5 rings (SSSR count). The zero-order chi connectivity index (χ0) is 28.6. The van der Waals surface area contributed by atoms with E-state index in [2.05, 4.69) is 39.4 Å². The smallest absolute Gasteiger partial charge is 0.266 e. The molecule has 0 bridgehead atoms. The predicted molar refractivity (Wildman–Crippen MR) is 167 cm³/mol. The van der Waals surface area contributed by atoms with E-state index in [1.54, 1.807) is 30.3 Å². The van der Waals surface area contributed by atoms with E-state index >= 15 is 0 Å². The summed E-state index contributed by atoms with van der Waals surface area (Å²) in [5.74, 6) is 0.813. The molecule has 0 radical (unpaired) electrons.